The Morgan fingerprint density at radius 2 is 1.64 bits per heavy atom. The molecule has 0 aromatic heterocycles. The summed E-state index contributed by atoms with van der Waals surface area (Å²) in [5.41, 5.74) is 2.68. The van der Waals surface area contributed by atoms with E-state index in [-0.39, 0.29) is 17.4 Å². The highest BCUT2D eigenvalue weighted by molar-refractivity contribution is 6.04. The van der Waals surface area contributed by atoms with Crippen molar-refractivity contribution in [2.24, 2.45) is 0 Å². The first-order valence-electron chi connectivity index (χ1n) is 9.56. The van der Waals surface area contributed by atoms with E-state index < -0.39 is 6.10 Å². The van der Waals surface area contributed by atoms with Crippen molar-refractivity contribution < 1.29 is 14.3 Å². The Bertz CT molecular complexity index is 833. The van der Waals surface area contributed by atoms with Crippen molar-refractivity contribution in [1.29, 1.82) is 0 Å². The summed E-state index contributed by atoms with van der Waals surface area (Å²) in [6, 6.07) is 12.9. The Balaban J connectivity index is 2.17. The Morgan fingerprint density at radius 3 is 2.21 bits per heavy atom. The molecule has 0 spiro atoms. The molecule has 0 unspecified atom stereocenters. The average molecular weight is 383 g/mol. The van der Waals surface area contributed by atoms with Gasteiger partial charge in [0, 0.05) is 5.54 Å². The van der Waals surface area contributed by atoms with Crippen LogP contribution in [0.4, 0.5) is 5.69 Å². The third kappa shape index (κ3) is 6.12. The number of nitrogens with one attached hydrogen (secondary N) is 2. The standard InChI is InChI=1S/C23H30N2O3/c1-7-20(28-17-13-15(2)12-16(3)14-17)22(27)24-19-11-9-8-10-18(19)21(26)25-23(4,5)6/h8-14,20H,7H2,1-6H3,(H,24,27)(H,25,26)/t20-/m1/s1. The van der Waals surface area contributed by atoms with Crippen molar-refractivity contribution in [3.8, 4) is 5.75 Å². The quantitative estimate of drug-likeness (QED) is 0.765. The molecule has 2 aromatic rings. The van der Waals surface area contributed by atoms with Crippen LogP contribution in [-0.2, 0) is 4.79 Å². The Morgan fingerprint density at radius 1 is 1.04 bits per heavy atom. The van der Waals surface area contributed by atoms with Gasteiger partial charge in [-0.15, -0.1) is 0 Å². The maximum absolute atomic E-state index is 12.8. The van der Waals surface area contributed by atoms with Gasteiger partial charge >= 0.3 is 0 Å². The van der Waals surface area contributed by atoms with Crippen LogP contribution in [0.3, 0.4) is 0 Å². The molecule has 28 heavy (non-hydrogen) atoms. The summed E-state index contributed by atoms with van der Waals surface area (Å²) in [6.07, 6.45) is -0.144. The summed E-state index contributed by atoms with van der Waals surface area (Å²) in [7, 11) is 0. The molecule has 5 nitrogen and oxygen atoms in total. The van der Waals surface area contributed by atoms with Gasteiger partial charge in [0.1, 0.15) is 5.75 Å². The Kier molecular flexibility index (Phi) is 6.84. The normalized spacial score (nSPS) is 12.2. The largest absolute Gasteiger partial charge is 0.481 e. The number of aryl methyl sites for hydroxylation is 2. The van der Waals surface area contributed by atoms with Gasteiger partial charge in [0.25, 0.3) is 11.8 Å². The summed E-state index contributed by atoms with van der Waals surface area (Å²) in [5, 5.41) is 5.78. The second kappa shape index (κ2) is 8.91. The molecular weight excluding hydrogens is 352 g/mol. The van der Waals surface area contributed by atoms with E-state index in [1.54, 1.807) is 24.3 Å². The van der Waals surface area contributed by atoms with Crippen LogP contribution in [0.2, 0.25) is 0 Å². The second-order valence-corrected chi connectivity index (χ2v) is 8.08. The number of anilines is 1. The lowest BCUT2D eigenvalue weighted by Crippen LogP contribution is -2.41. The summed E-state index contributed by atoms with van der Waals surface area (Å²) < 4.78 is 5.93. The van der Waals surface area contributed by atoms with Crippen LogP contribution in [0, 0.1) is 13.8 Å². The van der Waals surface area contributed by atoms with Gasteiger partial charge in [-0.05, 0) is 76.4 Å². The van der Waals surface area contributed by atoms with Crippen LogP contribution in [0.25, 0.3) is 0 Å². The number of rotatable bonds is 6. The second-order valence-electron chi connectivity index (χ2n) is 8.08. The van der Waals surface area contributed by atoms with Gasteiger partial charge in [0.15, 0.2) is 6.10 Å². The molecule has 0 saturated carbocycles. The van der Waals surface area contributed by atoms with Crippen LogP contribution in [0.15, 0.2) is 42.5 Å². The number of carbonyl (C=O) groups is 2. The minimum Gasteiger partial charge on any atom is -0.481 e. The van der Waals surface area contributed by atoms with E-state index in [9.17, 15) is 9.59 Å². The number of para-hydroxylation sites is 1. The van der Waals surface area contributed by atoms with Gasteiger partial charge in [0.05, 0.1) is 11.3 Å². The van der Waals surface area contributed by atoms with Crippen molar-refractivity contribution in [3.05, 3.63) is 59.2 Å². The maximum Gasteiger partial charge on any atom is 0.265 e. The van der Waals surface area contributed by atoms with Crippen LogP contribution >= 0.6 is 0 Å². The van der Waals surface area contributed by atoms with E-state index in [0.29, 0.717) is 23.4 Å². The van der Waals surface area contributed by atoms with E-state index in [2.05, 4.69) is 16.7 Å². The molecule has 2 rings (SSSR count). The third-order valence-electron chi connectivity index (χ3n) is 4.05. The molecule has 1 atom stereocenters. The summed E-state index contributed by atoms with van der Waals surface area (Å²) in [6.45, 7) is 11.6. The maximum atomic E-state index is 12.8. The van der Waals surface area contributed by atoms with Crippen molar-refractivity contribution >= 4 is 17.5 Å². The molecule has 0 bridgehead atoms. The van der Waals surface area contributed by atoms with Crippen molar-refractivity contribution in [2.45, 2.75) is 59.6 Å². The van der Waals surface area contributed by atoms with Crippen molar-refractivity contribution in [1.82, 2.24) is 5.32 Å². The highest BCUT2D eigenvalue weighted by atomic mass is 16.5. The highest BCUT2D eigenvalue weighted by Gasteiger charge is 2.22. The van der Waals surface area contributed by atoms with Crippen LogP contribution in [0.1, 0.15) is 55.6 Å². The average Bonchev–Trinajstić information content (AvgIpc) is 2.57. The SMILES string of the molecule is CC[C@@H](Oc1cc(C)cc(C)c1)C(=O)Nc1ccccc1C(=O)NC(C)(C)C. The molecule has 0 aliphatic carbocycles. The van der Waals surface area contributed by atoms with Crippen LogP contribution in [-0.4, -0.2) is 23.5 Å². The van der Waals surface area contributed by atoms with Gasteiger partial charge in [0.2, 0.25) is 0 Å². The molecule has 2 amide bonds. The van der Waals surface area contributed by atoms with E-state index in [4.69, 9.17) is 4.74 Å². The lowest BCUT2D eigenvalue weighted by Gasteiger charge is -2.22. The first-order chi connectivity index (χ1) is 13.1. The van der Waals surface area contributed by atoms with Crippen LogP contribution in [0.5, 0.6) is 5.75 Å². The molecule has 0 aliphatic rings. The van der Waals surface area contributed by atoms with Gasteiger partial charge in [-0.1, -0.05) is 25.1 Å². The molecule has 0 saturated heterocycles. The Labute approximate surface area is 167 Å². The number of benzene rings is 2. The molecule has 0 radical (unpaired) electrons. The fraction of sp³-hybridized carbons (Fsp3) is 0.391. The van der Waals surface area contributed by atoms with Crippen molar-refractivity contribution in [2.75, 3.05) is 5.32 Å². The van der Waals surface area contributed by atoms with Crippen LogP contribution < -0.4 is 15.4 Å². The van der Waals surface area contributed by atoms with E-state index in [0.717, 1.165) is 11.1 Å². The van der Waals surface area contributed by atoms with Gasteiger partial charge in [-0.25, -0.2) is 0 Å². The zero-order valence-corrected chi connectivity index (χ0v) is 17.6. The molecular formula is C23H30N2O3. The number of hydrogen-bond acceptors (Lipinski definition) is 3. The van der Waals surface area contributed by atoms with Crippen molar-refractivity contribution in [3.63, 3.8) is 0 Å². The molecule has 2 aromatic carbocycles. The third-order valence-corrected chi connectivity index (χ3v) is 4.05. The summed E-state index contributed by atoms with van der Waals surface area (Å²) in [5.74, 6) is 0.155. The van der Waals surface area contributed by atoms with E-state index >= 15 is 0 Å². The lowest BCUT2D eigenvalue weighted by atomic mass is 10.1. The van der Waals surface area contributed by atoms with Gasteiger partial charge < -0.3 is 15.4 Å². The fourth-order valence-corrected chi connectivity index (χ4v) is 2.90. The number of ether oxygens (including phenoxy) is 1. The lowest BCUT2D eigenvalue weighted by molar-refractivity contribution is -0.122. The summed E-state index contributed by atoms with van der Waals surface area (Å²) >= 11 is 0. The molecule has 0 aliphatic heterocycles. The molecule has 5 heteroatoms. The smallest absolute Gasteiger partial charge is 0.265 e. The topological polar surface area (TPSA) is 67.4 Å². The van der Waals surface area contributed by atoms with Gasteiger partial charge in [-0.2, -0.15) is 0 Å². The first kappa shape index (κ1) is 21.5. The number of amides is 2. The number of carbonyl (C=O) groups excluding carboxylic acids is 2. The molecule has 0 heterocycles. The number of hydrogen-bond donors (Lipinski definition) is 2. The minimum atomic E-state index is -0.653. The van der Waals surface area contributed by atoms with E-state index in [1.165, 1.54) is 0 Å². The predicted molar refractivity (Wildman–Crippen MR) is 113 cm³/mol. The molecule has 2 N–H and O–H groups in total. The van der Waals surface area contributed by atoms with E-state index in [1.807, 2.05) is 53.7 Å². The first-order valence-corrected chi connectivity index (χ1v) is 9.56. The minimum absolute atomic E-state index is 0.230. The monoisotopic (exact) mass is 382 g/mol. The van der Waals surface area contributed by atoms with Gasteiger partial charge in [-0.3, -0.25) is 9.59 Å². The zero-order chi connectivity index (χ0) is 20.9. The molecule has 150 valence electrons. The highest BCUT2D eigenvalue weighted by Crippen LogP contribution is 2.21. The zero-order valence-electron chi connectivity index (χ0n) is 17.6. The molecule has 0 fully saturated rings. The Hall–Kier alpha value is -2.82. The summed E-state index contributed by atoms with van der Waals surface area (Å²) in [4.78, 5) is 25.4. The fourth-order valence-electron chi connectivity index (χ4n) is 2.90. The predicted octanol–water partition coefficient (Wildman–Crippen LogP) is 4.63.